The molecule has 0 amide bonds. The smallest absolute Gasteiger partial charge is 0.241 e. The second-order valence-electron chi connectivity index (χ2n) is 11.8. The van der Waals surface area contributed by atoms with E-state index >= 15 is 0 Å². The van der Waals surface area contributed by atoms with Crippen molar-refractivity contribution in [2.24, 2.45) is 10.1 Å². The summed E-state index contributed by atoms with van der Waals surface area (Å²) in [6.45, 7) is 7.37. The van der Waals surface area contributed by atoms with Crippen LogP contribution in [0.5, 0.6) is 0 Å². The molecule has 0 saturated carbocycles. The van der Waals surface area contributed by atoms with Crippen LogP contribution in [0.25, 0.3) is 70.8 Å². The van der Waals surface area contributed by atoms with E-state index in [1.54, 1.807) is 6.19 Å². The normalized spacial score (nSPS) is 13.7. The van der Waals surface area contributed by atoms with Crippen molar-refractivity contribution in [1.82, 2.24) is 9.97 Å². The molecule has 18 heteroatoms. The van der Waals surface area contributed by atoms with Crippen molar-refractivity contribution < 1.29 is 52.7 Å². The van der Waals surface area contributed by atoms with E-state index in [1.807, 2.05) is 0 Å². The predicted octanol–water partition coefficient (Wildman–Crippen LogP) is 10.5. The van der Waals surface area contributed by atoms with Crippen molar-refractivity contribution in [3.8, 4) is 28.4 Å². The summed E-state index contributed by atoms with van der Waals surface area (Å²) >= 11 is 0. The number of nitrogens with zero attached hydrogens (tertiary/aromatic N) is 6. The van der Waals surface area contributed by atoms with Crippen LogP contribution < -0.4 is 10.7 Å². The Balaban J connectivity index is 1.48. The molecule has 54 heavy (non-hydrogen) atoms. The third-order valence-corrected chi connectivity index (χ3v) is 8.64. The average molecular weight is 757 g/mol. The Morgan fingerprint density at radius 1 is 0.519 bits per heavy atom. The lowest BCUT2D eigenvalue weighted by molar-refractivity contribution is -0.144. The van der Waals surface area contributed by atoms with Crippen LogP contribution in [-0.2, 0) is 24.7 Å². The van der Waals surface area contributed by atoms with Gasteiger partial charge < -0.3 is 0 Å². The summed E-state index contributed by atoms with van der Waals surface area (Å²) in [5.74, 6) is 0. The Labute approximate surface area is 292 Å². The molecular weight excluding hydrogens is 744 g/mol. The van der Waals surface area contributed by atoms with Gasteiger partial charge in [0.15, 0.2) is 5.36 Å². The molecule has 0 aliphatic heterocycles. The number of hydrogen-bond donors (Lipinski definition) is 0. The second-order valence-corrected chi connectivity index (χ2v) is 11.8. The molecule has 0 saturated heterocycles. The van der Waals surface area contributed by atoms with E-state index in [2.05, 4.69) is 25.0 Å². The molecule has 0 spiro atoms. The van der Waals surface area contributed by atoms with Gasteiger partial charge in [-0.3, -0.25) is 0 Å². The molecule has 0 aliphatic carbocycles. The van der Waals surface area contributed by atoms with Crippen molar-refractivity contribution >= 4 is 43.6 Å². The first-order valence-corrected chi connectivity index (χ1v) is 14.9. The fraction of sp³-hybridized carbons (Fsp3) is 0.111. The number of alkyl halides is 12. The fourth-order valence-electron chi connectivity index (χ4n) is 6.35. The monoisotopic (exact) mass is 756 g/mol. The van der Waals surface area contributed by atoms with Crippen molar-refractivity contribution in [3.63, 3.8) is 0 Å². The van der Waals surface area contributed by atoms with Crippen molar-refractivity contribution in [2.75, 3.05) is 0 Å². The van der Waals surface area contributed by atoms with Crippen LogP contribution in [0, 0.1) is 18.0 Å². The number of halogens is 12. The Morgan fingerprint density at radius 2 is 0.944 bits per heavy atom. The van der Waals surface area contributed by atoms with Gasteiger partial charge in [0.05, 0.1) is 38.4 Å². The average Bonchev–Trinajstić information content (AvgIpc) is 3.56. The van der Waals surface area contributed by atoms with E-state index in [0.717, 1.165) is 0 Å². The Hall–Kier alpha value is -6.56. The van der Waals surface area contributed by atoms with Crippen molar-refractivity contribution in [3.05, 3.63) is 117 Å². The molecule has 0 fully saturated rings. The van der Waals surface area contributed by atoms with Gasteiger partial charge in [-0.2, -0.15) is 69.5 Å². The zero-order valence-electron chi connectivity index (χ0n) is 26.1. The van der Waals surface area contributed by atoms with Gasteiger partial charge in [-0.15, -0.1) is 4.95 Å². The van der Waals surface area contributed by atoms with Gasteiger partial charge in [0, 0.05) is 21.5 Å². The minimum absolute atomic E-state index is 0.0144. The molecule has 0 radical (unpaired) electrons. The van der Waals surface area contributed by atoms with Crippen LogP contribution >= 0.6 is 0 Å². The summed E-state index contributed by atoms with van der Waals surface area (Å²) in [5.41, 5.74) is -7.85. The SMILES string of the molecule is [C-]#[N+]/N=c1\c2cc(-c3ccc(C(F)(F)F)cc3C(F)(F)F)ccc2c2nc3c(=NC#N)c4cc(-c5ccc(C(F)(F)F)cc5C(F)(F)F)ccc4c3nc12. The lowest BCUT2D eigenvalue weighted by Crippen LogP contribution is -2.12. The third-order valence-electron chi connectivity index (χ3n) is 8.64. The highest BCUT2D eigenvalue weighted by atomic mass is 19.4. The van der Waals surface area contributed by atoms with Crippen molar-refractivity contribution in [2.45, 2.75) is 24.7 Å². The molecule has 6 nitrogen and oxygen atoms in total. The fourth-order valence-corrected chi connectivity index (χ4v) is 6.35. The zero-order valence-corrected chi connectivity index (χ0v) is 26.1. The lowest BCUT2D eigenvalue weighted by atomic mass is 9.95. The van der Waals surface area contributed by atoms with Gasteiger partial charge >= 0.3 is 24.7 Å². The lowest BCUT2D eigenvalue weighted by Gasteiger charge is -2.16. The molecule has 7 rings (SSSR count). The van der Waals surface area contributed by atoms with Gasteiger partial charge in [0.2, 0.25) is 6.19 Å². The molecule has 0 unspecified atom stereocenters. The van der Waals surface area contributed by atoms with E-state index in [0.29, 0.717) is 24.3 Å². The summed E-state index contributed by atoms with van der Waals surface area (Å²) in [7, 11) is 0. The van der Waals surface area contributed by atoms with Gasteiger partial charge in [-0.1, -0.05) is 36.4 Å². The van der Waals surface area contributed by atoms with Crippen LogP contribution in [0.15, 0.2) is 82.9 Å². The quantitative estimate of drug-likeness (QED) is 0.0763. The van der Waals surface area contributed by atoms with E-state index in [-0.39, 0.29) is 77.6 Å². The summed E-state index contributed by atoms with van der Waals surface area (Å²) in [5, 5.41) is 13.4. The van der Waals surface area contributed by atoms with E-state index < -0.39 is 58.1 Å². The molecular formula is C36H12F12N6. The molecule has 7 aromatic rings. The molecule has 270 valence electrons. The minimum atomic E-state index is -5.20. The van der Waals surface area contributed by atoms with Gasteiger partial charge in [0.1, 0.15) is 16.4 Å². The summed E-state index contributed by atoms with van der Waals surface area (Å²) < 4.78 is 164. The number of hydrogen-bond acceptors (Lipinski definition) is 5. The van der Waals surface area contributed by atoms with E-state index in [4.69, 9.17) is 6.57 Å². The van der Waals surface area contributed by atoms with E-state index in [9.17, 15) is 57.9 Å². The highest BCUT2D eigenvalue weighted by Gasteiger charge is 2.40. The van der Waals surface area contributed by atoms with Crippen LogP contribution in [0.2, 0.25) is 0 Å². The topological polar surface area (TPSA) is 78.6 Å². The maximum absolute atomic E-state index is 14.0. The molecule has 0 N–H and O–H groups in total. The maximum atomic E-state index is 14.0. The number of benzene rings is 4. The van der Waals surface area contributed by atoms with Crippen LogP contribution in [0.1, 0.15) is 22.3 Å². The highest BCUT2D eigenvalue weighted by molar-refractivity contribution is 6.15. The molecule has 0 aliphatic rings. The Bertz CT molecular complexity index is 2710. The number of aromatic nitrogens is 2. The Kier molecular flexibility index (Phi) is 7.95. The minimum Gasteiger partial charge on any atom is -0.241 e. The molecule has 0 bridgehead atoms. The highest BCUT2D eigenvalue weighted by Crippen LogP contribution is 2.43. The Morgan fingerprint density at radius 3 is 1.33 bits per heavy atom. The molecule has 1 heterocycles. The molecule has 6 aromatic carbocycles. The molecule has 1 aromatic heterocycles. The first kappa shape index (κ1) is 35.8. The van der Waals surface area contributed by atoms with Gasteiger partial charge in [0.25, 0.3) is 0 Å². The maximum Gasteiger partial charge on any atom is 0.417 e. The second kappa shape index (κ2) is 12.0. The van der Waals surface area contributed by atoms with Gasteiger partial charge in [-0.05, 0) is 58.7 Å². The number of nitriles is 1. The van der Waals surface area contributed by atoms with Crippen molar-refractivity contribution in [1.29, 1.82) is 5.26 Å². The predicted molar refractivity (Wildman–Crippen MR) is 169 cm³/mol. The summed E-state index contributed by atoms with van der Waals surface area (Å²) in [4.78, 5) is 16.0. The first-order valence-electron chi connectivity index (χ1n) is 14.9. The van der Waals surface area contributed by atoms with Crippen LogP contribution in [0.3, 0.4) is 0 Å². The third kappa shape index (κ3) is 5.89. The summed E-state index contributed by atoms with van der Waals surface area (Å²) in [6.07, 6.45) is -18.9. The first-order chi connectivity index (χ1) is 25.2. The van der Waals surface area contributed by atoms with Crippen LogP contribution in [0.4, 0.5) is 52.7 Å². The zero-order chi connectivity index (χ0) is 39.1. The largest absolute Gasteiger partial charge is 0.417 e. The van der Waals surface area contributed by atoms with Gasteiger partial charge in [-0.25, -0.2) is 9.97 Å². The standard InChI is InChI=1S/C36H12F12N6/c1-50-54-30-24-11-16(20-9-5-18(34(40,41)42)13-26(20)36(46,47)48)3-7-22(24)29-32(30)53-28-21-6-2-15(10-23(21)27(51-14-49)31(28)52-29)19-8-4-17(33(37,38)39)12-25(19)35(43,44)45/h2-13H/b51-27?,54-30+. The number of fused-ring (bicyclic) bond motifs is 6. The molecule has 0 atom stereocenters. The number of rotatable bonds is 2. The van der Waals surface area contributed by atoms with E-state index in [1.165, 1.54) is 36.4 Å². The summed E-state index contributed by atoms with van der Waals surface area (Å²) in [6, 6.07) is 9.60. The van der Waals surface area contributed by atoms with Crippen LogP contribution in [-0.4, -0.2) is 9.97 Å².